The molecule has 5 rings (SSSR count). The Bertz CT molecular complexity index is 1180. The largest absolute Gasteiger partial charge is 0.352 e. The summed E-state index contributed by atoms with van der Waals surface area (Å²) < 4.78 is 14.2. The monoisotopic (exact) mass is 473 g/mol. The molecule has 8 heteroatoms. The quantitative estimate of drug-likeness (QED) is 0.526. The zero-order chi connectivity index (χ0) is 24.2. The SMILES string of the molecule is O=C(CN(CC1CC1)C(=O)c1ccccc1F)N1CCN(c2ccc(-c3ccccc3)nn2)CC1. The number of hydrogen-bond acceptors (Lipinski definition) is 5. The van der Waals surface area contributed by atoms with Crippen LogP contribution in [0.4, 0.5) is 10.2 Å². The molecule has 1 aliphatic carbocycles. The number of aromatic nitrogens is 2. The smallest absolute Gasteiger partial charge is 0.257 e. The van der Waals surface area contributed by atoms with E-state index in [1.807, 2.05) is 42.5 Å². The minimum atomic E-state index is -0.557. The van der Waals surface area contributed by atoms with E-state index in [2.05, 4.69) is 15.1 Å². The second-order valence-electron chi connectivity index (χ2n) is 9.12. The summed E-state index contributed by atoms with van der Waals surface area (Å²) in [6.45, 7) is 2.79. The molecule has 0 spiro atoms. The van der Waals surface area contributed by atoms with Crippen molar-refractivity contribution in [1.29, 1.82) is 0 Å². The Morgan fingerprint density at radius 2 is 1.60 bits per heavy atom. The van der Waals surface area contributed by atoms with Crippen molar-refractivity contribution in [3.63, 3.8) is 0 Å². The Hall–Kier alpha value is -3.81. The number of amides is 2. The minimum Gasteiger partial charge on any atom is -0.352 e. The van der Waals surface area contributed by atoms with E-state index in [0.29, 0.717) is 38.6 Å². The predicted molar refractivity (Wildman–Crippen MR) is 131 cm³/mol. The number of carbonyl (C=O) groups excluding carboxylic acids is 2. The number of halogens is 1. The second kappa shape index (κ2) is 10.2. The zero-order valence-electron chi connectivity index (χ0n) is 19.5. The molecule has 2 aromatic carbocycles. The highest BCUT2D eigenvalue weighted by Crippen LogP contribution is 2.30. The van der Waals surface area contributed by atoms with Gasteiger partial charge in [0.15, 0.2) is 5.82 Å². The van der Waals surface area contributed by atoms with Crippen LogP contribution in [0, 0.1) is 11.7 Å². The number of benzene rings is 2. The van der Waals surface area contributed by atoms with Crippen molar-refractivity contribution in [3.05, 3.63) is 78.1 Å². The van der Waals surface area contributed by atoms with Gasteiger partial charge in [0, 0.05) is 38.3 Å². The van der Waals surface area contributed by atoms with Crippen molar-refractivity contribution in [2.24, 2.45) is 5.92 Å². The highest BCUT2D eigenvalue weighted by molar-refractivity contribution is 5.96. The number of anilines is 1. The van der Waals surface area contributed by atoms with E-state index >= 15 is 0 Å². The standard InChI is InChI=1S/C27H28FN5O2/c28-23-9-5-4-8-22(23)27(35)33(18-20-10-11-20)19-26(34)32-16-14-31(15-17-32)25-13-12-24(29-30-25)21-6-2-1-3-7-21/h1-9,12-13,20H,10-11,14-19H2. The van der Waals surface area contributed by atoms with Gasteiger partial charge in [-0.25, -0.2) is 4.39 Å². The van der Waals surface area contributed by atoms with Crippen molar-refractivity contribution >= 4 is 17.6 Å². The third-order valence-electron chi connectivity index (χ3n) is 6.57. The molecule has 0 radical (unpaired) electrons. The number of hydrogen-bond donors (Lipinski definition) is 0. The maximum Gasteiger partial charge on any atom is 0.257 e. The molecule has 2 amide bonds. The van der Waals surface area contributed by atoms with Crippen molar-refractivity contribution in [3.8, 4) is 11.3 Å². The Balaban J connectivity index is 1.19. The maximum atomic E-state index is 14.2. The van der Waals surface area contributed by atoms with Crippen LogP contribution in [-0.2, 0) is 4.79 Å². The molecule has 2 heterocycles. The van der Waals surface area contributed by atoms with Crippen LogP contribution in [-0.4, -0.2) is 71.1 Å². The van der Waals surface area contributed by atoms with Crippen LogP contribution in [0.1, 0.15) is 23.2 Å². The van der Waals surface area contributed by atoms with E-state index in [9.17, 15) is 14.0 Å². The second-order valence-corrected chi connectivity index (χ2v) is 9.12. The van der Waals surface area contributed by atoms with E-state index < -0.39 is 11.7 Å². The Morgan fingerprint density at radius 3 is 2.26 bits per heavy atom. The first-order valence-corrected chi connectivity index (χ1v) is 12.0. The first kappa shape index (κ1) is 23.0. The Labute approximate surface area is 204 Å². The highest BCUT2D eigenvalue weighted by Gasteiger charge is 2.31. The minimum absolute atomic E-state index is 0.0169. The number of rotatable bonds is 7. The normalized spacial score (nSPS) is 15.7. The van der Waals surface area contributed by atoms with Gasteiger partial charge in [0.25, 0.3) is 5.91 Å². The van der Waals surface area contributed by atoms with Crippen LogP contribution < -0.4 is 4.90 Å². The van der Waals surface area contributed by atoms with E-state index in [1.54, 1.807) is 17.0 Å². The van der Waals surface area contributed by atoms with Gasteiger partial charge in [0.2, 0.25) is 5.91 Å². The van der Waals surface area contributed by atoms with E-state index in [4.69, 9.17) is 0 Å². The molecule has 3 aromatic rings. The summed E-state index contributed by atoms with van der Waals surface area (Å²) in [6, 6.07) is 19.8. The van der Waals surface area contributed by atoms with Gasteiger partial charge in [-0.05, 0) is 43.0 Å². The fourth-order valence-electron chi connectivity index (χ4n) is 4.34. The van der Waals surface area contributed by atoms with E-state index in [1.165, 1.54) is 17.0 Å². The van der Waals surface area contributed by atoms with E-state index in [0.717, 1.165) is 29.9 Å². The lowest BCUT2D eigenvalue weighted by Crippen LogP contribution is -2.52. The van der Waals surface area contributed by atoms with Crippen molar-refractivity contribution < 1.29 is 14.0 Å². The molecular formula is C27H28FN5O2. The van der Waals surface area contributed by atoms with Gasteiger partial charge in [0.05, 0.1) is 11.3 Å². The van der Waals surface area contributed by atoms with Crippen LogP contribution in [0.15, 0.2) is 66.7 Å². The van der Waals surface area contributed by atoms with Gasteiger partial charge in [-0.2, -0.15) is 0 Å². The molecular weight excluding hydrogens is 445 g/mol. The summed E-state index contributed by atoms with van der Waals surface area (Å²) >= 11 is 0. The zero-order valence-corrected chi connectivity index (χ0v) is 19.5. The number of carbonyl (C=O) groups is 2. The van der Waals surface area contributed by atoms with Crippen LogP contribution >= 0.6 is 0 Å². The fourth-order valence-corrected chi connectivity index (χ4v) is 4.34. The molecule has 0 N–H and O–H groups in total. The van der Waals surface area contributed by atoms with Gasteiger partial charge < -0.3 is 14.7 Å². The van der Waals surface area contributed by atoms with Gasteiger partial charge in [0.1, 0.15) is 12.4 Å². The summed E-state index contributed by atoms with van der Waals surface area (Å²) in [5.74, 6) is 0.0877. The number of nitrogens with zero attached hydrogens (tertiary/aromatic N) is 5. The molecule has 2 fully saturated rings. The first-order chi connectivity index (χ1) is 17.1. The van der Waals surface area contributed by atoms with Gasteiger partial charge >= 0.3 is 0 Å². The third kappa shape index (κ3) is 5.48. The predicted octanol–water partition coefficient (Wildman–Crippen LogP) is 3.48. The summed E-state index contributed by atoms with van der Waals surface area (Å²) in [6.07, 6.45) is 2.08. The van der Waals surface area contributed by atoms with Crippen LogP contribution in [0.25, 0.3) is 11.3 Å². The Kier molecular flexibility index (Phi) is 6.70. The molecule has 0 atom stereocenters. The van der Waals surface area contributed by atoms with Crippen LogP contribution in [0.5, 0.6) is 0 Å². The summed E-state index contributed by atoms with van der Waals surface area (Å²) in [5, 5.41) is 8.75. The Morgan fingerprint density at radius 1 is 0.886 bits per heavy atom. The van der Waals surface area contributed by atoms with Gasteiger partial charge in [-0.3, -0.25) is 9.59 Å². The lowest BCUT2D eigenvalue weighted by Gasteiger charge is -2.36. The highest BCUT2D eigenvalue weighted by atomic mass is 19.1. The molecule has 7 nitrogen and oxygen atoms in total. The molecule has 0 unspecified atom stereocenters. The van der Waals surface area contributed by atoms with Crippen LogP contribution in [0.3, 0.4) is 0 Å². The molecule has 1 saturated carbocycles. The van der Waals surface area contributed by atoms with Crippen molar-refractivity contribution in [1.82, 2.24) is 20.0 Å². The van der Waals surface area contributed by atoms with E-state index in [-0.39, 0.29) is 18.0 Å². The van der Waals surface area contributed by atoms with Gasteiger partial charge in [-0.1, -0.05) is 42.5 Å². The fraction of sp³-hybridized carbons (Fsp3) is 0.333. The number of piperazine rings is 1. The summed E-state index contributed by atoms with van der Waals surface area (Å²) in [7, 11) is 0. The lowest BCUT2D eigenvalue weighted by atomic mass is 10.1. The van der Waals surface area contributed by atoms with Crippen molar-refractivity contribution in [2.45, 2.75) is 12.8 Å². The molecule has 180 valence electrons. The topological polar surface area (TPSA) is 69.6 Å². The van der Waals surface area contributed by atoms with Crippen LogP contribution in [0.2, 0.25) is 0 Å². The molecule has 35 heavy (non-hydrogen) atoms. The molecule has 1 aromatic heterocycles. The lowest BCUT2D eigenvalue weighted by molar-refractivity contribution is -0.132. The van der Waals surface area contributed by atoms with Crippen molar-refractivity contribution in [2.75, 3.05) is 44.2 Å². The molecule has 2 aliphatic rings. The average molecular weight is 474 g/mol. The van der Waals surface area contributed by atoms with Gasteiger partial charge in [-0.15, -0.1) is 10.2 Å². The summed E-state index contributed by atoms with van der Waals surface area (Å²) in [4.78, 5) is 31.5. The average Bonchev–Trinajstić information content (AvgIpc) is 3.73. The molecule has 0 bridgehead atoms. The molecule has 1 saturated heterocycles. The maximum absolute atomic E-state index is 14.2. The first-order valence-electron chi connectivity index (χ1n) is 12.0. The third-order valence-corrected chi connectivity index (χ3v) is 6.57. The molecule has 1 aliphatic heterocycles. The summed E-state index contributed by atoms with van der Waals surface area (Å²) in [5.41, 5.74) is 1.85.